The van der Waals surface area contributed by atoms with Gasteiger partial charge >= 0.3 is 0 Å². The van der Waals surface area contributed by atoms with Crippen molar-refractivity contribution in [3.63, 3.8) is 0 Å². The van der Waals surface area contributed by atoms with E-state index in [-0.39, 0.29) is 0 Å². The molecule has 0 aromatic rings. The van der Waals surface area contributed by atoms with Crippen LogP contribution in [0.1, 0.15) is 59.8 Å². The van der Waals surface area contributed by atoms with Gasteiger partial charge in [-0.3, -0.25) is 0 Å². The molecular weight excluding hydrogens is 220 g/mol. The van der Waals surface area contributed by atoms with Crippen molar-refractivity contribution in [2.24, 2.45) is 11.8 Å². The summed E-state index contributed by atoms with van der Waals surface area (Å²) in [6, 6.07) is 0.634. The van der Waals surface area contributed by atoms with Crippen LogP contribution in [0.4, 0.5) is 0 Å². The van der Waals surface area contributed by atoms with E-state index in [1.165, 1.54) is 32.1 Å². The molecule has 1 aliphatic rings. The van der Waals surface area contributed by atoms with Crippen LogP contribution in [0.15, 0.2) is 0 Å². The Bertz CT molecular complexity index is 229. The van der Waals surface area contributed by atoms with Gasteiger partial charge in [0.25, 0.3) is 0 Å². The number of likely N-dealkylation sites (N-methyl/N-ethyl adjacent to an activating group) is 2. The minimum absolute atomic E-state index is 0.373. The molecule has 108 valence electrons. The van der Waals surface area contributed by atoms with Gasteiger partial charge in [-0.05, 0) is 58.2 Å². The van der Waals surface area contributed by atoms with Gasteiger partial charge < -0.3 is 10.2 Å². The molecule has 0 aromatic heterocycles. The van der Waals surface area contributed by atoms with E-state index in [1.54, 1.807) is 0 Å². The van der Waals surface area contributed by atoms with E-state index in [4.69, 9.17) is 0 Å². The van der Waals surface area contributed by atoms with Crippen molar-refractivity contribution >= 4 is 0 Å². The fourth-order valence-corrected chi connectivity index (χ4v) is 3.67. The lowest BCUT2D eigenvalue weighted by Gasteiger charge is -2.52. The number of nitrogens with one attached hydrogen (secondary N) is 1. The van der Waals surface area contributed by atoms with Crippen LogP contribution in [0.2, 0.25) is 0 Å². The zero-order valence-electron chi connectivity index (χ0n) is 13.4. The molecule has 0 heterocycles. The first-order valence-corrected chi connectivity index (χ1v) is 7.88. The first-order valence-electron chi connectivity index (χ1n) is 7.88. The molecule has 0 bridgehead atoms. The van der Waals surface area contributed by atoms with Crippen molar-refractivity contribution < 1.29 is 0 Å². The van der Waals surface area contributed by atoms with Gasteiger partial charge in [-0.15, -0.1) is 0 Å². The van der Waals surface area contributed by atoms with Crippen LogP contribution >= 0.6 is 0 Å². The van der Waals surface area contributed by atoms with Crippen LogP contribution in [0, 0.1) is 11.8 Å². The number of hydrogen-bond acceptors (Lipinski definition) is 2. The van der Waals surface area contributed by atoms with Gasteiger partial charge in [-0.1, -0.05) is 34.1 Å². The van der Waals surface area contributed by atoms with Crippen molar-refractivity contribution in [1.82, 2.24) is 10.2 Å². The fraction of sp³-hybridized carbons (Fsp3) is 1.00. The Morgan fingerprint density at radius 2 is 1.78 bits per heavy atom. The minimum Gasteiger partial charge on any atom is -0.312 e. The molecule has 1 fully saturated rings. The summed E-state index contributed by atoms with van der Waals surface area (Å²) in [5.41, 5.74) is 0.373. The smallest absolute Gasteiger partial charge is 0.0359 e. The molecule has 2 heteroatoms. The summed E-state index contributed by atoms with van der Waals surface area (Å²) in [7, 11) is 4.56. The summed E-state index contributed by atoms with van der Waals surface area (Å²) in [6.45, 7) is 10.5. The molecule has 1 N–H and O–H groups in total. The highest BCUT2D eigenvalue weighted by molar-refractivity contribution is 5.02. The predicted molar refractivity (Wildman–Crippen MR) is 81.0 cm³/mol. The van der Waals surface area contributed by atoms with E-state index in [0.717, 1.165) is 18.4 Å². The van der Waals surface area contributed by atoms with Crippen molar-refractivity contribution in [3.8, 4) is 0 Å². The summed E-state index contributed by atoms with van der Waals surface area (Å²) in [4.78, 5) is 2.51. The Morgan fingerprint density at radius 3 is 2.17 bits per heavy atom. The first kappa shape index (κ1) is 16.0. The lowest BCUT2D eigenvalue weighted by Crippen LogP contribution is -2.62. The van der Waals surface area contributed by atoms with Gasteiger partial charge in [-0.25, -0.2) is 0 Å². The largest absolute Gasteiger partial charge is 0.312 e. The lowest BCUT2D eigenvalue weighted by atomic mass is 9.68. The van der Waals surface area contributed by atoms with Crippen LogP contribution in [0.25, 0.3) is 0 Å². The van der Waals surface area contributed by atoms with Crippen molar-refractivity contribution in [1.29, 1.82) is 0 Å². The molecule has 0 aromatic carbocycles. The highest BCUT2D eigenvalue weighted by Crippen LogP contribution is 2.40. The van der Waals surface area contributed by atoms with Crippen LogP contribution in [0.3, 0.4) is 0 Å². The van der Waals surface area contributed by atoms with Crippen molar-refractivity contribution in [2.45, 2.75) is 71.4 Å². The molecule has 2 atom stereocenters. The maximum absolute atomic E-state index is 3.80. The number of hydrogen-bond donors (Lipinski definition) is 1. The third-order valence-corrected chi connectivity index (χ3v) is 5.25. The van der Waals surface area contributed by atoms with Gasteiger partial charge in [-0.2, -0.15) is 0 Å². The molecule has 0 saturated heterocycles. The van der Waals surface area contributed by atoms with Gasteiger partial charge in [0, 0.05) is 11.6 Å². The van der Waals surface area contributed by atoms with Gasteiger partial charge in [0.05, 0.1) is 0 Å². The van der Waals surface area contributed by atoms with Crippen LogP contribution in [-0.4, -0.2) is 37.1 Å². The zero-order chi connectivity index (χ0) is 13.8. The fourth-order valence-electron chi connectivity index (χ4n) is 3.67. The molecule has 0 aliphatic heterocycles. The molecule has 18 heavy (non-hydrogen) atoms. The molecule has 0 amide bonds. The minimum atomic E-state index is 0.373. The Balaban J connectivity index is 2.92. The molecule has 1 rings (SSSR count). The molecule has 0 spiro atoms. The average molecular weight is 254 g/mol. The second-order valence-corrected chi connectivity index (χ2v) is 6.60. The molecule has 2 nitrogen and oxygen atoms in total. The summed E-state index contributed by atoms with van der Waals surface area (Å²) >= 11 is 0. The SMILES string of the molecule is CCNC(C(C)CC)C1(N(C)C)CCC(C)CC1. The molecule has 1 aliphatic carbocycles. The number of rotatable bonds is 6. The monoisotopic (exact) mass is 254 g/mol. The molecular formula is C16H34N2. The Kier molecular flexibility index (Phi) is 6.13. The molecule has 2 unspecified atom stereocenters. The number of nitrogens with zero attached hydrogens (tertiary/aromatic N) is 1. The van der Waals surface area contributed by atoms with Crippen LogP contribution in [-0.2, 0) is 0 Å². The first-order chi connectivity index (χ1) is 8.47. The standard InChI is InChI=1S/C16H34N2/c1-7-14(4)15(17-8-2)16(18(5)6)11-9-13(3)10-12-16/h13-15,17H,7-12H2,1-6H3. The maximum atomic E-state index is 3.80. The van der Waals surface area contributed by atoms with E-state index in [1.807, 2.05) is 0 Å². The summed E-state index contributed by atoms with van der Waals surface area (Å²) in [5.74, 6) is 1.66. The third-order valence-electron chi connectivity index (χ3n) is 5.25. The van der Waals surface area contributed by atoms with E-state index in [9.17, 15) is 0 Å². The summed E-state index contributed by atoms with van der Waals surface area (Å²) < 4.78 is 0. The van der Waals surface area contributed by atoms with Gasteiger partial charge in [0.15, 0.2) is 0 Å². The van der Waals surface area contributed by atoms with E-state index < -0.39 is 0 Å². The second kappa shape index (κ2) is 6.91. The van der Waals surface area contributed by atoms with Crippen LogP contribution < -0.4 is 5.32 Å². The Hall–Kier alpha value is -0.0800. The highest BCUT2D eigenvalue weighted by Gasteiger charge is 2.44. The summed E-state index contributed by atoms with van der Waals surface area (Å²) in [5, 5.41) is 3.80. The van der Waals surface area contributed by atoms with E-state index >= 15 is 0 Å². The predicted octanol–water partition coefficient (Wildman–Crippen LogP) is 3.52. The quantitative estimate of drug-likeness (QED) is 0.780. The average Bonchev–Trinajstić information content (AvgIpc) is 2.36. The van der Waals surface area contributed by atoms with E-state index in [2.05, 4.69) is 52.0 Å². The normalized spacial score (nSPS) is 32.5. The van der Waals surface area contributed by atoms with E-state index in [0.29, 0.717) is 11.6 Å². The molecule has 1 saturated carbocycles. The van der Waals surface area contributed by atoms with Gasteiger partial charge in [0.1, 0.15) is 0 Å². The summed E-state index contributed by atoms with van der Waals surface area (Å²) in [6.07, 6.45) is 6.74. The van der Waals surface area contributed by atoms with Crippen LogP contribution in [0.5, 0.6) is 0 Å². The third kappa shape index (κ3) is 3.27. The zero-order valence-corrected chi connectivity index (χ0v) is 13.4. The lowest BCUT2D eigenvalue weighted by molar-refractivity contribution is 0.0239. The van der Waals surface area contributed by atoms with Crippen molar-refractivity contribution in [2.75, 3.05) is 20.6 Å². The Morgan fingerprint density at radius 1 is 1.22 bits per heavy atom. The van der Waals surface area contributed by atoms with Gasteiger partial charge in [0.2, 0.25) is 0 Å². The van der Waals surface area contributed by atoms with Crippen molar-refractivity contribution in [3.05, 3.63) is 0 Å². The maximum Gasteiger partial charge on any atom is 0.0359 e. The topological polar surface area (TPSA) is 15.3 Å². The highest BCUT2D eigenvalue weighted by atomic mass is 15.2. The molecule has 0 radical (unpaired) electrons. The Labute approximate surface area is 115 Å². The second-order valence-electron chi connectivity index (χ2n) is 6.60.